The molecule has 4 aromatic carbocycles. The van der Waals surface area contributed by atoms with Crippen molar-refractivity contribution < 1.29 is 14.7 Å². The maximum Gasteiger partial charge on any atom is 0.335 e. The number of aromatic carboxylic acids is 1. The Morgan fingerprint density at radius 3 is 2.18 bits per heavy atom. The number of benzene rings is 4. The first-order valence-electron chi connectivity index (χ1n) is 10.6. The van der Waals surface area contributed by atoms with E-state index in [0.29, 0.717) is 21.2 Å². The second-order valence-corrected chi connectivity index (χ2v) is 8.72. The maximum absolute atomic E-state index is 12.9. The molecule has 0 heterocycles. The van der Waals surface area contributed by atoms with Crippen molar-refractivity contribution in [2.45, 2.75) is 13.5 Å². The van der Waals surface area contributed by atoms with Crippen LogP contribution in [-0.2, 0) is 6.54 Å². The number of hydrogen-bond donors (Lipinski definition) is 2. The molecule has 0 spiro atoms. The Hall–Kier alpha value is -3.60. The Kier molecular flexibility index (Phi) is 7.01. The van der Waals surface area contributed by atoms with E-state index in [0.717, 1.165) is 27.8 Å². The quantitative estimate of drug-likeness (QED) is 0.299. The maximum atomic E-state index is 12.9. The van der Waals surface area contributed by atoms with E-state index < -0.39 is 5.97 Å². The molecule has 0 bridgehead atoms. The van der Waals surface area contributed by atoms with Gasteiger partial charge in [0.1, 0.15) is 0 Å². The molecular weight excluding hydrogens is 469 g/mol. The Bertz CT molecular complexity index is 1380. The average molecular weight is 490 g/mol. The largest absolute Gasteiger partial charge is 0.478 e. The summed E-state index contributed by atoms with van der Waals surface area (Å²) < 4.78 is 0. The van der Waals surface area contributed by atoms with E-state index in [1.54, 1.807) is 43.3 Å². The first-order valence-corrected chi connectivity index (χ1v) is 11.3. The third-order valence-electron chi connectivity index (χ3n) is 5.63. The van der Waals surface area contributed by atoms with E-state index in [1.165, 1.54) is 0 Å². The van der Waals surface area contributed by atoms with Crippen molar-refractivity contribution in [3.05, 3.63) is 117 Å². The summed E-state index contributed by atoms with van der Waals surface area (Å²) in [6.07, 6.45) is 0. The van der Waals surface area contributed by atoms with Gasteiger partial charge in [0.05, 0.1) is 16.1 Å². The molecule has 0 saturated carbocycles. The first kappa shape index (κ1) is 23.6. The Morgan fingerprint density at radius 2 is 1.47 bits per heavy atom. The molecule has 6 heteroatoms. The molecule has 4 aromatic rings. The monoisotopic (exact) mass is 489 g/mol. The molecule has 0 fully saturated rings. The van der Waals surface area contributed by atoms with E-state index in [4.69, 9.17) is 23.2 Å². The number of hydrogen-bond acceptors (Lipinski definition) is 2. The topological polar surface area (TPSA) is 66.4 Å². The van der Waals surface area contributed by atoms with Gasteiger partial charge in [0.25, 0.3) is 5.91 Å². The highest BCUT2D eigenvalue weighted by Crippen LogP contribution is 2.28. The summed E-state index contributed by atoms with van der Waals surface area (Å²) in [7, 11) is 0. The van der Waals surface area contributed by atoms with Crippen LogP contribution in [0.15, 0.2) is 84.9 Å². The number of amides is 1. The number of carboxylic acid groups (broad SMARTS) is 1. The standard InChI is InChI=1S/C28H21Cl2NO3/c1-17-6-7-20(14-25(17)28(33)34)23-5-3-2-4-21(23)16-31-27(32)24-13-10-19(15-26(24)30)18-8-11-22(29)12-9-18/h2-15H,16H2,1H3,(H,31,32)(H,33,34). The second kappa shape index (κ2) is 10.1. The SMILES string of the molecule is Cc1ccc(-c2ccccc2CNC(=O)c2ccc(-c3ccc(Cl)cc3)cc2Cl)cc1C(=O)O. The predicted octanol–water partition coefficient (Wildman–Crippen LogP) is 7.26. The van der Waals surface area contributed by atoms with Crippen LogP contribution in [0.2, 0.25) is 10.0 Å². The summed E-state index contributed by atoms with van der Waals surface area (Å²) in [6.45, 7) is 2.03. The van der Waals surface area contributed by atoms with E-state index in [9.17, 15) is 14.7 Å². The molecule has 170 valence electrons. The van der Waals surface area contributed by atoms with Gasteiger partial charge in [0.15, 0.2) is 0 Å². The van der Waals surface area contributed by atoms with Gasteiger partial charge in [-0.1, -0.05) is 77.8 Å². The molecule has 2 N–H and O–H groups in total. The van der Waals surface area contributed by atoms with Gasteiger partial charge in [-0.2, -0.15) is 0 Å². The highest BCUT2D eigenvalue weighted by Gasteiger charge is 2.14. The lowest BCUT2D eigenvalue weighted by molar-refractivity contribution is 0.0696. The van der Waals surface area contributed by atoms with E-state index in [2.05, 4.69) is 5.32 Å². The summed E-state index contributed by atoms with van der Waals surface area (Å²) in [5.41, 5.74) is 5.66. The van der Waals surface area contributed by atoms with Crippen LogP contribution >= 0.6 is 23.2 Å². The fourth-order valence-corrected chi connectivity index (χ4v) is 4.16. The molecule has 0 aromatic heterocycles. The third kappa shape index (κ3) is 5.14. The summed E-state index contributed by atoms with van der Waals surface area (Å²) >= 11 is 12.4. The highest BCUT2D eigenvalue weighted by molar-refractivity contribution is 6.34. The van der Waals surface area contributed by atoms with Gasteiger partial charge in [-0.3, -0.25) is 4.79 Å². The van der Waals surface area contributed by atoms with Crippen LogP contribution in [-0.4, -0.2) is 17.0 Å². The van der Waals surface area contributed by atoms with Crippen molar-refractivity contribution in [3.63, 3.8) is 0 Å². The van der Waals surface area contributed by atoms with Crippen molar-refractivity contribution >= 4 is 35.1 Å². The minimum absolute atomic E-state index is 0.254. The molecule has 1 amide bonds. The van der Waals surface area contributed by atoms with E-state index >= 15 is 0 Å². The third-order valence-corrected chi connectivity index (χ3v) is 6.19. The smallest absolute Gasteiger partial charge is 0.335 e. The zero-order valence-electron chi connectivity index (χ0n) is 18.3. The summed E-state index contributed by atoms with van der Waals surface area (Å²) in [5.74, 6) is -1.26. The van der Waals surface area contributed by atoms with Crippen LogP contribution in [0.1, 0.15) is 31.8 Å². The van der Waals surface area contributed by atoms with Gasteiger partial charge < -0.3 is 10.4 Å². The second-order valence-electron chi connectivity index (χ2n) is 7.88. The van der Waals surface area contributed by atoms with E-state index in [1.807, 2.05) is 48.5 Å². The van der Waals surface area contributed by atoms with Gasteiger partial charge in [0, 0.05) is 11.6 Å². The summed E-state index contributed by atoms with van der Waals surface area (Å²) in [6, 6.07) is 25.6. The molecule has 0 aliphatic rings. The van der Waals surface area contributed by atoms with Crippen molar-refractivity contribution in [2.75, 3.05) is 0 Å². The lowest BCUT2D eigenvalue weighted by Gasteiger charge is -2.13. The van der Waals surface area contributed by atoms with Crippen LogP contribution in [0.4, 0.5) is 0 Å². The van der Waals surface area contributed by atoms with Crippen LogP contribution < -0.4 is 5.32 Å². The lowest BCUT2D eigenvalue weighted by Crippen LogP contribution is -2.23. The fourth-order valence-electron chi connectivity index (χ4n) is 3.77. The summed E-state index contributed by atoms with van der Waals surface area (Å²) in [5, 5.41) is 13.4. The molecule has 4 rings (SSSR count). The Balaban J connectivity index is 1.54. The number of carboxylic acids is 1. The van der Waals surface area contributed by atoms with Gasteiger partial charge in [-0.05, 0) is 70.6 Å². The van der Waals surface area contributed by atoms with Crippen LogP contribution in [0.5, 0.6) is 0 Å². The summed E-state index contributed by atoms with van der Waals surface area (Å²) in [4.78, 5) is 24.4. The molecule has 0 atom stereocenters. The Labute approximate surface area is 207 Å². The number of rotatable bonds is 6. The molecule has 4 nitrogen and oxygen atoms in total. The molecule has 0 unspecified atom stereocenters. The number of carbonyl (C=O) groups excluding carboxylic acids is 1. The van der Waals surface area contributed by atoms with Crippen LogP contribution in [0.3, 0.4) is 0 Å². The highest BCUT2D eigenvalue weighted by atomic mass is 35.5. The first-order chi connectivity index (χ1) is 16.3. The molecule has 0 radical (unpaired) electrons. The normalized spacial score (nSPS) is 10.7. The Morgan fingerprint density at radius 1 is 0.794 bits per heavy atom. The minimum Gasteiger partial charge on any atom is -0.478 e. The van der Waals surface area contributed by atoms with E-state index in [-0.39, 0.29) is 18.0 Å². The van der Waals surface area contributed by atoms with Crippen molar-refractivity contribution in [1.29, 1.82) is 0 Å². The molecule has 0 saturated heterocycles. The zero-order chi connectivity index (χ0) is 24.2. The van der Waals surface area contributed by atoms with Gasteiger partial charge in [-0.15, -0.1) is 0 Å². The van der Waals surface area contributed by atoms with Crippen molar-refractivity contribution in [2.24, 2.45) is 0 Å². The van der Waals surface area contributed by atoms with Crippen LogP contribution in [0.25, 0.3) is 22.3 Å². The number of nitrogens with one attached hydrogen (secondary N) is 1. The minimum atomic E-state index is -0.971. The van der Waals surface area contributed by atoms with Crippen LogP contribution in [0, 0.1) is 6.92 Å². The van der Waals surface area contributed by atoms with Gasteiger partial charge >= 0.3 is 5.97 Å². The van der Waals surface area contributed by atoms with Gasteiger partial charge in [0.2, 0.25) is 0 Å². The van der Waals surface area contributed by atoms with Crippen molar-refractivity contribution in [1.82, 2.24) is 5.32 Å². The fraction of sp³-hybridized carbons (Fsp3) is 0.0714. The molecule has 0 aliphatic heterocycles. The molecular formula is C28H21Cl2NO3. The zero-order valence-corrected chi connectivity index (χ0v) is 19.8. The molecule has 0 aliphatic carbocycles. The predicted molar refractivity (Wildman–Crippen MR) is 137 cm³/mol. The average Bonchev–Trinajstić information content (AvgIpc) is 2.83. The van der Waals surface area contributed by atoms with Crippen molar-refractivity contribution in [3.8, 4) is 22.3 Å². The number of halogens is 2. The lowest BCUT2D eigenvalue weighted by atomic mass is 9.96. The molecule has 34 heavy (non-hydrogen) atoms. The number of aryl methyl sites for hydroxylation is 1. The number of carbonyl (C=O) groups is 2. The van der Waals surface area contributed by atoms with Gasteiger partial charge in [-0.25, -0.2) is 4.79 Å².